The average Bonchev–Trinajstić information content (AvgIpc) is 2.77. The molecule has 0 saturated heterocycles. The van der Waals surface area contributed by atoms with Crippen molar-refractivity contribution in [2.45, 2.75) is 45.7 Å². The predicted octanol–water partition coefficient (Wildman–Crippen LogP) is 5.79. The number of halogens is 4. The number of amides is 2. The van der Waals surface area contributed by atoms with Crippen LogP contribution in [0.3, 0.4) is 0 Å². The van der Waals surface area contributed by atoms with Gasteiger partial charge in [0.2, 0.25) is 21.8 Å². The van der Waals surface area contributed by atoms with Crippen LogP contribution >= 0.6 is 46.4 Å². The molecule has 0 saturated carbocycles. The molecule has 198 valence electrons. The summed E-state index contributed by atoms with van der Waals surface area (Å²) in [6.45, 7) is 3.54. The molecule has 1 unspecified atom stereocenters. The zero-order valence-corrected chi connectivity index (χ0v) is 24.1. The van der Waals surface area contributed by atoms with Gasteiger partial charge in [-0.3, -0.25) is 13.9 Å². The van der Waals surface area contributed by atoms with E-state index in [9.17, 15) is 18.0 Å². The van der Waals surface area contributed by atoms with Crippen LogP contribution in [0.5, 0.6) is 0 Å². The Hall–Kier alpha value is -1.71. The van der Waals surface area contributed by atoms with Gasteiger partial charge in [-0.25, -0.2) is 8.42 Å². The molecule has 2 amide bonds. The summed E-state index contributed by atoms with van der Waals surface area (Å²) in [5.74, 6) is -0.968. The molecule has 0 aromatic heterocycles. The standard InChI is InChI=1S/C24H29Cl4N3O4S/c1-4-6-10-29-24(33)22(5-2)30(14-19-20(27)8-7-9-21(19)28)23(32)15-31(36(3,34)35)18-12-16(25)11-17(26)13-18/h7-9,11-13,22H,4-6,10,14-15H2,1-3H3,(H,29,33). The van der Waals surface area contributed by atoms with E-state index in [-0.39, 0.29) is 34.6 Å². The molecule has 0 spiro atoms. The number of anilines is 1. The molecular weight excluding hydrogens is 568 g/mol. The first-order chi connectivity index (χ1) is 16.9. The monoisotopic (exact) mass is 595 g/mol. The highest BCUT2D eigenvalue weighted by molar-refractivity contribution is 7.92. The number of rotatable bonds is 12. The van der Waals surface area contributed by atoms with Crippen LogP contribution in [-0.4, -0.2) is 50.5 Å². The Morgan fingerprint density at radius 1 is 1.00 bits per heavy atom. The quantitative estimate of drug-likeness (QED) is 0.314. The van der Waals surface area contributed by atoms with Gasteiger partial charge in [0.15, 0.2) is 0 Å². The number of nitrogens with zero attached hydrogens (tertiary/aromatic N) is 2. The van der Waals surface area contributed by atoms with Crippen molar-refractivity contribution in [2.24, 2.45) is 0 Å². The van der Waals surface area contributed by atoms with E-state index in [1.807, 2.05) is 6.92 Å². The largest absolute Gasteiger partial charge is 0.354 e. The first-order valence-corrected chi connectivity index (χ1v) is 14.7. The molecule has 0 bridgehead atoms. The topological polar surface area (TPSA) is 86.8 Å². The Kier molecular flexibility index (Phi) is 11.6. The Morgan fingerprint density at radius 3 is 2.08 bits per heavy atom. The van der Waals surface area contributed by atoms with E-state index in [4.69, 9.17) is 46.4 Å². The van der Waals surface area contributed by atoms with Gasteiger partial charge in [0, 0.05) is 38.7 Å². The summed E-state index contributed by atoms with van der Waals surface area (Å²) in [7, 11) is -3.92. The molecule has 0 aliphatic rings. The highest BCUT2D eigenvalue weighted by Crippen LogP contribution is 2.29. The molecule has 0 aliphatic heterocycles. The molecule has 0 aliphatic carbocycles. The van der Waals surface area contributed by atoms with Crippen molar-refractivity contribution in [3.05, 3.63) is 62.1 Å². The van der Waals surface area contributed by atoms with Crippen LogP contribution in [0.2, 0.25) is 20.1 Å². The third-order valence-corrected chi connectivity index (χ3v) is 7.71. The number of hydrogen-bond donors (Lipinski definition) is 1. The third-order valence-electron chi connectivity index (χ3n) is 5.42. The number of unbranched alkanes of at least 4 members (excludes halogenated alkanes) is 1. The molecule has 36 heavy (non-hydrogen) atoms. The van der Waals surface area contributed by atoms with E-state index in [1.54, 1.807) is 25.1 Å². The van der Waals surface area contributed by atoms with Gasteiger partial charge >= 0.3 is 0 Å². The van der Waals surface area contributed by atoms with Crippen molar-refractivity contribution in [1.29, 1.82) is 0 Å². The van der Waals surface area contributed by atoms with Gasteiger partial charge in [-0.1, -0.05) is 72.7 Å². The second-order valence-electron chi connectivity index (χ2n) is 8.19. The molecular formula is C24H29Cl4N3O4S. The maximum atomic E-state index is 13.7. The van der Waals surface area contributed by atoms with Crippen molar-refractivity contribution in [3.63, 3.8) is 0 Å². The van der Waals surface area contributed by atoms with Crippen LogP contribution < -0.4 is 9.62 Å². The molecule has 0 heterocycles. The van der Waals surface area contributed by atoms with Crippen LogP contribution in [0.1, 0.15) is 38.7 Å². The van der Waals surface area contributed by atoms with Gasteiger partial charge in [-0.05, 0) is 43.2 Å². The lowest BCUT2D eigenvalue weighted by molar-refractivity contribution is -0.140. The van der Waals surface area contributed by atoms with E-state index in [0.717, 1.165) is 23.4 Å². The van der Waals surface area contributed by atoms with Crippen molar-refractivity contribution in [2.75, 3.05) is 23.7 Å². The number of carbonyl (C=O) groups excluding carboxylic acids is 2. The van der Waals surface area contributed by atoms with Crippen molar-refractivity contribution in [3.8, 4) is 0 Å². The van der Waals surface area contributed by atoms with Crippen molar-refractivity contribution >= 4 is 73.9 Å². The Bertz CT molecular complexity index is 1150. The Morgan fingerprint density at radius 2 is 1.58 bits per heavy atom. The number of sulfonamides is 1. The molecule has 1 atom stereocenters. The molecule has 2 aromatic rings. The van der Waals surface area contributed by atoms with E-state index in [1.165, 1.54) is 23.1 Å². The summed E-state index contributed by atoms with van der Waals surface area (Å²) in [5, 5.41) is 3.91. The first-order valence-electron chi connectivity index (χ1n) is 11.3. The minimum absolute atomic E-state index is 0.0923. The fraction of sp³-hybridized carbons (Fsp3) is 0.417. The fourth-order valence-corrected chi connectivity index (χ4v) is 5.44. The predicted molar refractivity (Wildman–Crippen MR) is 148 cm³/mol. The summed E-state index contributed by atoms with van der Waals surface area (Å²) >= 11 is 24.9. The first kappa shape index (κ1) is 30.5. The molecule has 12 heteroatoms. The second-order valence-corrected chi connectivity index (χ2v) is 11.8. The SMILES string of the molecule is CCCCNC(=O)C(CC)N(Cc1c(Cl)cccc1Cl)C(=O)CN(c1cc(Cl)cc(Cl)c1)S(C)(=O)=O. The third kappa shape index (κ3) is 8.42. The van der Waals surface area contributed by atoms with Crippen LogP contribution in [0.15, 0.2) is 36.4 Å². The van der Waals surface area contributed by atoms with Gasteiger partial charge < -0.3 is 10.2 Å². The lowest BCUT2D eigenvalue weighted by Gasteiger charge is -2.33. The van der Waals surface area contributed by atoms with Crippen LogP contribution in [0.4, 0.5) is 5.69 Å². The zero-order valence-electron chi connectivity index (χ0n) is 20.2. The summed E-state index contributed by atoms with van der Waals surface area (Å²) in [6.07, 6.45) is 2.93. The van der Waals surface area contributed by atoms with Crippen LogP contribution in [-0.2, 0) is 26.2 Å². The number of nitrogens with one attached hydrogen (secondary N) is 1. The minimum Gasteiger partial charge on any atom is -0.354 e. The summed E-state index contributed by atoms with van der Waals surface area (Å²) < 4.78 is 26.2. The average molecular weight is 597 g/mol. The summed E-state index contributed by atoms with van der Waals surface area (Å²) in [5.41, 5.74) is 0.574. The van der Waals surface area contributed by atoms with E-state index in [0.29, 0.717) is 22.2 Å². The molecule has 7 nitrogen and oxygen atoms in total. The molecule has 0 radical (unpaired) electrons. The van der Waals surface area contributed by atoms with Gasteiger partial charge in [0.1, 0.15) is 12.6 Å². The maximum Gasteiger partial charge on any atom is 0.244 e. The van der Waals surface area contributed by atoms with Crippen LogP contribution in [0, 0.1) is 0 Å². The fourth-order valence-electron chi connectivity index (χ4n) is 3.58. The maximum absolute atomic E-state index is 13.7. The molecule has 2 rings (SSSR count). The van der Waals surface area contributed by atoms with Crippen molar-refractivity contribution < 1.29 is 18.0 Å². The molecule has 1 N–H and O–H groups in total. The minimum atomic E-state index is -3.92. The highest BCUT2D eigenvalue weighted by Gasteiger charge is 2.32. The number of carbonyl (C=O) groups is 2. The van der Waals surface area contributed by atoms with Crippen molar-refractivity contribution in [1.82, 2.24) is 10.2 Å². The van der Waals surface area contributed by atoms with Gasteiger partial charge in [-0.15, -0.1) is 0 Å². The number of hydrogen-bond acceptors (Lipinski definition) is 4. The summed E-state index contributed by atoms with van der Waals surface area (Å²) in [6, 6.07) is 8.29. The Labute approximate surface area is 232 Å². The van der Waals surface area contributed by atoms with Crippen LogP contribution in [0.25, 0.3) is 0 Å². The lowest BCUT2D eigenvalue weighted by Crippen LogP contribution is -2.52. The summed E-state index contributed by atoms with van der Waals surface area (Å²) in [4.78, 5) is 28.1. The normalized spacial score (nSPS) is 12.2. The van der Waals surface area contributed by atoms with Gasteiger partial charge in [0.25, 0.3) is 0 Å². The second kappa shape index (κ2) is 13.7. The zero-order chi connectivity index (χ0) is 27.0. The molecule has 2 aromatic carbocycles. The van der Waals surface area contributed by atoms with E-state index < -0.39 is 28.5 Å². The van der Waals surface area contributed by atoms with Gasteiger partial charge in [-0.2, -0.15) is 0 Å². The van der Waals surface area contributed by atoms with E-state index in [2.05, 4.69) is 5.32 Å². The smallest absolute Gasteiger partial charge is 0.244 e. The van der Waals surface area contributed by atoms with Gasteiger partial charge in [0.05, 0.1) is 11.9 Å². The van der Waals surface area contributed by atoms with E-state index >= 15 is 0 Å². The molecule has 0 fully saturated rings. The number of benzene rings is 2. The Balaban J connectivity index is 2.49. The highest BCUT2D eigenvalue weighted by atomic mass is 35.5. The lowest BCUT2D eigenvalue weighted by atomic mass is 10.1.